The third-order valence-electron chi connectivity index (χ3n) is 10.6. The maximum absolute atomic E-state index is 14.3. The van der Waals surface area contributed by atoms with Crippen LogP contribution in [0.25, 0.3) is 21.9 Å². The number of aromatic nitrogens is 3. The molecule has 5 heterocycles. The zero-order chi connectivity index (χ0) is 34.8. The SMILES string of the molecule is N#CN=C(N[C@H](Cc1cc(Br)c(N)c(Br)c1)C(=O)N1CCC(N2CCCCC2)CC1)N1CCC(n2c(=O)[nH]c3c4ccccc4ncc32)CC1. The lowest BCUT2D eigenvalue weighted by Gasteiger charge is -2.41. The number of hydrogen-bond acceptors (Lipinski definition) is 7. The number of hydrogen-bond donors (Lipinski definition) is 3. The van der Waals surface area contributed by atoms with Gasteiger partial charge < -0.3 is 30.7 Å². The number of fused-ring (bicyclic) bond motifs is 3. The maximum atomic E-state index is 14.3. The van der Waals surface area contributed by atoms with Crippen LogP contribution in [0.4, 0.5) is 5.69 Å². The Balaban J connectivity index is 1.08. The summed E-state index contributed by atoms with van der Waals surface area (Å²) in [6.07, 6.45) is 11.2. The molecule has 0 aliphatic carbocycles. The summed E-state index contributed by atoms with van der Waals surface area (Å²) in [5.41, 5.74) is 9.95. The molecule has 0 saturated carbocycles. The van der Waals surface area contributed by atoms with Crippen LogP contribution < -0.4 is 16.7 Å². The van der Waals surface area contributed by atoms with E-state index in [1.807, 2.05) is 57.0 Å². The van der Waals surface area contributed by atoms with Crippen LogP contribution in [-0.4, -0.2) is 92.5 Å². The lowest BCUT2D eigenvalue weighted by Crippen LogP contribution is -2.57. The Bertz CT molecular complexity index is 1970. The number of nitrogens with one attached hydrogen (secondary N) is 2. The van der Waals surface area contributed by atoms with Gasteiger partial charge in [0.1, 0.15) is 6.04 Å². The molecule has 3 aliphatic heterocycles. The molecule has 3 aliphatic rings. The van der Waals surface area contributed by atoms with E-state index in [0.717, 1.165) is 62.4 Å². The second kappa shape index (κ2) is 15.1. The summed E-state index contributed by atoms with van der Waals surface area (Å²) in [6, 6.07) is 11.5. The number of likely N-dealkylation sites (tertiary alicyclic amines) is 3. The Kier molecular flexibility index (Phi) is 10.4. The fraction of sp³-hybridized carbons (Fsp3) is 0.472. The molecule has 3 saturated heterocycles. The largest absolute Gasteiger partial charge is 0.397 e. The van der Waals surface area contributed by atoms with E-state index in [2.05, 4.69) is 57.0 Å². The van der Waals surface area contributed by atoms with Crippen LogP contribution in [0.15, 0.2) is 61.3 Å². The number of nitrogens with zero attached hydrogens (tertiary/aromatic N) is 7. The molecular weight excluding hydrogens is 764 g/mol. The second-order valence-electron chi connectivity index (χ2n) is 13.6. The van der Waals surface area contributed by atoms with Gasteiger partial charge in [-0.25, -0.2) is 4.79 Å². The van der Waals surface area contributed by atoms with Gasteiger partial charge in [0.2, 0.25) is 18.1 Å². The summed E-state index contributed by atoms with van der Waals surface area (Å²) in [5.74, 6) is 0.372. The summed E-state index contributed by atoms with van der Waals surface area (Å²) < 4.78 is 3.32. The van der Waals surface area contributed by atoms with Crippen LogP contribution in [0.5, 0.6) is 0 Å². The zero-order valence-electron chi connectivity index (χ0n) is 28.0. The Labute approximate surface area is 308 Å². The first kappa shape index (κ1) is 34.5. The van der Waals surface area contributed by atoms with Crippen LogP contribution >= 0.6 is 31.9 Å². The molecular formula is C36H42Br2N10O2. The van der Waals surface area contributed by atoms with Crippen LogP contribution in [-0.2, 0) is 11.2 Å². The maximum Gasteiger partial charge on any atom is 0.326 e. The van der Waals surface area contributed by atoms with E-state index in [9.17, 15) is 14.9 Å². The van der Waals surface area contributed by atoms with Crippen molar-refractivity contribution in [3.63, 3.8) is 0 Å². The van der Waals surface area contributed by atoms with Crippen LogP contribution in [0, 0.1) is 11.5 Å². The van der Waals surface area contributed by atoms with Gasteiger partial charge in [0, 0.05) is 59.0 Å². The third-order valence-corrected chi connectivity index (χ3v) is 11.9. The highest BCUT2D eigenvalue weighted by molar-refractivity contribution is 9.11. The van der Waals surface area contributed by atoms with E-state index in [1.54, 1.807) is 6.20 Å². The van der Waals surface area contributed by atoms with Crippen molar-refractivity contribution in [1.29, 1.82) is 5.26 Å². The standard InChI is InChI=1S/C36H42Br2N10O2/c37-27-18-23(19-28(38)32(27)40)20-30(34(49)46-14-8-24(9-15-46)45-12-4-1-5-13-45)43-35(42-22-39)47-16-10-25(11-17-47)48-31-21-41-29-7-3-2-6-26(29)33(31)44-36(48)50/h2-3,6-7,18-19,21,24-25,30H,1,4-5,8-17,20,40H2,(H,42,43)(H,44,50)/t30-/m1/s1. The number of H-pyrrole nitrogens is 1. The molecule has 262 valence electrons. The van der Waals surface area contributed by atoms with Gasteiger partial charge in [-0.05, 0) is 107 Å². The van der Waals surface area contributed by atoms with Crippen molar-refractivity contribution in [3.8, 4) is 6.19 Å². The Morgan fingerprint density at radius 2 is 1.66 bits per heavy atom. The first-order chi connectivity index (χ1) is 24.3. The Hall–Kier alpha value is -3.93. The second-order valence-corrected chi connectivity index (χ2v) is 15.3. The number of carbonyl (C=O) groups is 1. The molecule has 0 radical (unpaired) electrons. The molecule has 0 spiro atoms. The van der Waals surface area contributed by atoms with Crippen molar-refractivity contribution in [1.82, 2.24) is 34.6 Å². The molecule has 4 aromatic rings. The fourth-order valence-corrected chi connectivity index (χ4v) is 9.24. The van der Waals surface area contributed by atoms with Crippen LogP contribution in [0.2, 0.25) is 0 Å². The van der Waals surface area contributed by atoms with E-state index in [4.69, 9.17) is 5.73 Å². The summed E-state index contributed by atoms with van der Waals surface area (Å²) in [7, 11) is 0. The van der Waals surface area contributed by atoms with Gasteiger partial charge >= 0.3 is 5.69 Å². The summed E-state index contributed by atoms with van der Waals surface area (Å²) in [5, 5.41) is 14.1. The van der Waals surface area contributed by atoms with Crippen molar-refractivity contribution in [3.05, 3.63) is 67.6 Å². The average Bonchev–Trinajstić information content (AvgIpc) is 3.49. The molecule has 2 aromatic heterocycles. The van der Waals surface area contributed by atoms with Crippen molar-refractivity contribution in [2.75, 3.05) is 45.0 Å². The van der Waals surface area contributed by atoms with Crippen molar-refractivity contribution in [2.24, 2.45) is 4.99 Å². The molecule has 2 aromatic carbocycles. The molecule has 4 N–H and O–H groups in total. The van der Waals surface area contributed by atoms with Gasteiger partial charge in [0.25, 0.3) is 0 Å². The summed E-state index contributed by atoms with van der Waals surface area (Å²) in [6.45, 7) is 4.81. The van der Waals surface area contributed by atoms with Crippen molar-refractivity contribution in [2.45, 2.75) is 69.5 Å². The van der Waals surface area contributed by atoms with Gasteiger partial charge in [0.05, 0.1) is 28.4 Å². The number of nitrogens with two attached hydrogens (primary N) is 1. The Morgan fingerprint density at radius 3 is 2.36 bits per heavy atom. The zero-order valence-corrected chi connectivity index (χ0v) is 31.1. The molecule has 7 rings (SSSR count). The van der Waals surface area contributed by atoms with E-state index in [-0.39, 0.29) is 17.6 Å². The van der Waals surface area contributed by atoms with Gasteiger partial charge in [-0.2, -0.15) is 5.26 Å². The molecule has 1 amide bonds. The number of piperidine rings is 3. The smallest absolute Gasteiger partial charge is 0.326 e. The minimum atomic E-state index is -0.649. The topological polar surface area (TPSA) is 152 Å². The quantitative estimate of drug-likeness (QED) is 0.105. The number of anilines is 1. The van der Waals surface area contributed by atoms with Crippen molar-refractivity contribution < 1.29 is 4.79 Å². The predicted octanol–water partition coefficient (Wildman–Crippen LogP) is 5.14. The highest BCUT2D eigenvalue weighted by Gasteiger charge is 2.33. The number of pyridine rings is 1. The minimum absolute atomic E-state index is 0.00300. The number of benzene rings is 2. The monoisotopic (exact) mass is 804 g/mol. The number of amides is 1. The average molecular weight is 807 g/mol. The first-order valence-electron chi connectivity index (χ1n) is 17.5. The number of aromatic amines is 1. The number of carbonyl (C=O) groups excluding carboxylic acids is 1. The molecule has 14 heteroatoms. The lowest BCUT2D eigenvalue weighted by atomic mass is 9.98. The van der Waals surface area contributed by atoms with E-state index < -0.39 is 6.04 Å². The number of imidazole rings is 1. The Morgan fingerprint density at radius 1 is 1.00 bits per heavy atom. The van der Waals surface area contributed by atoms with Crippen molar-refractivity contribution >= 4 is 71.4 Å². The predicted molar refractivity (Wildman–Crippen MR) is 203 cm³/mol. The number of rotatable bonds is 6. The molecule has 0 bridgehead atoms. The molecule has 12 nitrogen and oxygen atoms in total. The normalized spacial score (nSPS) is 19.2. The third kappa shape index (κ3) is 7.13. The summed E-state index contributed by atoms with van der Waals surface area (Å²) in [4.78, 5) is 46.0. The molecule has 3 fully saturated rings. The molecule has 1 atom stereocenters. The number of nitrogen functional groups attached to an aromatic ring is 1. The molecule has 50 heavy (non-hydrogen) atoms. The number of guanidine groups is 1. The molecule has 0 unspecified atom stereocenters. The summed E-state index contributed by atoms with van der Waals surface area (Å²) >= 11 is 7.11. The lowest BCUT2D eigenvalue weighted by molar-refractivity contribution is -0.134. The fourth-order valence-electron chi connectivity index (χ4n) is 7.96. The van der Waals surface area contributed by atoms with Gasteiger partial charge in [0.15, 0.2) is 0 Å². The highest BCUT2D eigenvalue weighted by atomic mass is 79.9. The number of halogens is 2. The van der Waals surface area contributed by atoms with Crippen LogP contribution in [0.1, 0.15) is 56.6 Å². The van der Waals surface area contributed by atoms with Crippen LogP contribution in [0.3, 0.4) is 0 Å². The number of aliphatic imine (C=N–C) groups is 1. The van der Waals surface area contributed by atoms with Gasteiger partial charge in [-0.1, -0.05) is 24.6 Å². The van der Waals surface area contributed by atoms with Gasteiger partial charge in [-0.3, -0.25) is 14.3 Å². The number of nitriles is 1. The van der Waals surface area contributed by atoms with Gasteiger partial charge in [-0.15, -0.1) is 4.99 Å². The number of para-hydroxylation sites is 1. The highest BCUT2D eigenvalue weighted by Crippen LogP contribution is 2.31. The first-order valence-corrected chi connectivity index (χ1v) is 19.1. The minimum Gasteiger partial charge on any atom is -0.397 e. The van der Waals surface area contributed by atoms with E-state index >= 15 is 0 Å². The van der Waals surface area contributed by atoms with E-state index in [1.165, 1.54) is 19.3 Å². The van der Waals surface area contributed by atoms with E-state index in [0.29, 0.717) is 63.1 Å².